The van der Waals surface area contributed by atoms with Crippen molar-refractivity contribution in [1.82, 2.24) is 0 Å². The highest BCUT2D eigenvalue weighted by molar-refractivity contribution is 6.25. The molecule has 0 aliphatic carbocycles. The Hall–Kier alpha value is -6.70. The van der Waals surface area contributed by atoms with Crippen molar-refractivity contribution in [3.8, 4) is 33.4 Å². The molecule has 0 aliphatic heterocycles. The summed E-state index contributed by atoms with van der Waals surface area (Å²) >= 11 is 0. The van der Waals surface area contributed by atoms with E-state index in [1.54, 1.807) is 0 Å². The minimum atomic E-state index is -1.10. The molecule has 11 aromatic rings. The molecule has 236 valence electrons. The van der Waals surface area contributed by atoms with Gasteiger partial charge in [-0.3, -0.25) is 0 Å². The topological polar surface area (TPSA) is 13.1 Å². The number of furan rings is 1. The van der Waals surface area contributed by atoms with Crippen molar-refractivity contribution in [2.45, 2.75) is 0 Å². The minimum Gasteiger partial charge on any atom is -0.455 e. The van der Waals surface area contributed by atoms with Crippen molar-refractivity contribution in [2.24, 2.45) is 0 Å². The zero-order valence-corrected chi connectivity index (χ0v) is 25.4. The molecule has 0 spiro atoms. The van der Waals surface area contributed by atoms with Crippen molar-refractivity contribution in [2.75, 3.05) is 0 Å². The summed E-state index contributed by atoms with van der Waals surface area (Å²) in [4.78, 5) is 0. The molecule has 0 amide bonds. The summed E-state index contributed by atoms with van der Waals surface area (Å²) in [6.45, 7) is 0. The fraction of sp³-hybridized carbons (Fsp3) is 0. The maximum Gasteiger partial charge on any atom is 0.143 e. The van der Waals surface area contributed by atoms with Crippen LogP contribution in [0.2, 0.25) is 0 Å². The Kier molecular flexibility index (Phi) is 2.50. The average molecular weight is 677 g/mol. The smallest absolute Gasteiger partial charge is 0.143 e. The van der Waals surface area contributed by atoms with Gasteiger partial charge in [0.05, 0.1) is 41.1 Å². The molecule has 51 heavy (non-hydrogen) atoms. The zero-order chi connectivity index (χ0) is 59.6. The highest BCUT2D eigenvalue weighted by Crippen LogP contribution is 2.49. The predicted molar refractivity (Wildman–Crippen MR) is 218 cm³/mol. The van der Waals surface area contributed by atoms with Crippen LogP contribution in [0.5, 0.6) is 0 Å². The van der Waals surface area contributed by atoms with E-state index >= 15 is 0 Å². The number of fused-ring (bicyclic) bond motifs is 9. The van der Waals surface area contributed by atoms with Gasteiger partial charge in [-0.25, -0.2) is 0 Å². The van der Waals surface area contributed by atoms with Gasteiger partial charge in [0.2, 0.25) is 0 Å². The molecular formula is C50H30O. The second-order valence-electron chi connectivity index (χ2n) is 11.3. The van der Waals surface area contributed by atoms with Gasteiger partial charge < -0.3 is 4.42 Å². The van der Waals surface area contributed by atoms with Gasteiger partial charge in [0.1, 0.15) is 11.2 Å². The Morgan fingerprint density at radius 1 is 0.333 bits per heavy atom. The van der Waals surface area contributed by atoms with Crippen LogP contribution >= 0.6 is 0 Å². The van der Waals surface area contributed by atoms with Crippen LogP contribution < -0.4 is 0 Å². The van der Waals surface area contributed by atoms with E-state index in [4.69, 9.17) is 29.1 Å². The summed E-state index contributed by atoms with van der Waals surface area (Å²) in [6.07, 6.45) is 0. The molecule has 0 fully saturated rings. The maximum absolute atomic E-state index is 10.2. The summed E-state index contributed by atoms with van der Waals surface area (Å²) in [5.74, 6) is 0. The van der Waals surface area contributed by atoms with E-state index in [0.717, 1.165) is 0 Å². The molecule has 0 saturated carbocycles. The molecule has 0 N–H and O–H groups in total. The van der Waals surface area contributed by atoms with Gasteiger partial charge in [-0.05, 0) is 106 Å². The van der Waals surface area contributed by atoms with E-state index in [0.29, 0.717) is 0 Å². The zero-order valence-electron chi connectivity index (χ0n) is 55.4. The fourth-order valence-electron chi connectivity index (χ4n) is 6.44. The van der Waals surface area contributed by atoms with Crippen molar-refractivity contribution in [1.29, 1.82) is 0 Å². The van der Waals surface area contributed by atoms with Crippen LogP contribution in [0.1, 0.15) is 41.1 Å². The number of hydrogen-bond acceptors (Lipinski definition) is 1. The molecule has 0 saturated heterocycles. The van der Waals surface area contributed by atoms with Crippen molar-refractivity contribution < 1.29 is 45.5 Å². The number of benzene rings is 10. The summed E-state index contributed by atoms with van der Waals surface area (Å²) in [6, 6.07) is -29.0. The Balaban J connectivity index is 1.51. The van der Waals surface area contributed by atoms with Crippen LogP contribution in [0.3, 0.4) is 0 Å². The van der Waals surface area contributed by atoms with Gasteiger partial charge in [0.25, 0.3) is 0 Å². The molecule has 11 rings (SSSR count). The molecular weight excluding hydrogens is 617 g/mol. The third-order valence-electron chi connectivity index (χ3n) is 8.56. The first-order valence-corrected chi connectivity index (χ1v) is 15.2. The Morgan fingerprint density at radius 3 is 1.53 bits per heavy atom. The van der Waals surface area contributed by atoms with Crippen LogP contribution in [-0.2, 0) is 0 Å². The maximum atomic E-state index is 10.2. The first-order valence-electron chi connectivity index (χ1n) is 30.2. The lowest BCUT2D eigenvalue weighted by molar-refractivity contribution is 0.670. The van der Waals surface area contributed by atoms with Crippen molar-refractivity contribution in [3.63, 3.8) is 0 Å². The van der Waals surface area contributed by atoms with Gasteiger partial charge in [-0.15, -0.1) is 0 Å². The molecule has 0 bridgehead atoms. The van der Waals surface area contributed by atoms with E-state index in [9.17, 15) is 16.4 Å². The summed E-state index contributed by atoms with van der Waals surface area (Å²) in [5.41, 5.74) is -6.61. The van der Waals surface area contributed by atoms with E-state index < -0.39 is 290 Å². The van der Waals surface area contributed by atoms with Gasteiger partial charge in [0, 0.05) is 16.3 Å². The molecule has 10 aromatic carbocycles. The van der Waals surface area contributed by atoms with Gasteiger partial charge in [-0.2, -0.15) is 0 Å². The lowest BCUT2D eigenvalue weighted by atomic mass is 9.82. The Morgan fingerprint density at radius 2 is 0.843 bits per heavy atom. The Labute approximate surface area is 336 Å². The number of para-hydroxylation sites is 1. The number of hydrogen-bond donors (Lipinski definition) is 0. The predicted octanol–water partition coefficient (Wildman–Crippen LogP) is 14.4. The van der Waals surface area contributed by atoms with Crippen LogP contribution in [0.4, 0.5) is 0 Å². The van der Waals surface area contributed by atoms with Crippen LogP contribution in [-0.4, -0.2) is 0 Å². The number of rotatable bonds is 3. The Bertz CT molecular complexity index is 4850. The van der Waals surface area contributed by atoms with Crippen molar-refractivity contribution in [3.05, 3.63) is 181 Å². The van der Waals surface area contributed by atoms with E-state index in [-0.39, 0.29) is 0 Å². The summed E-state index contributed by atoms with van der Waals surface area (Å²) < 4.78 is 281. The highest BCUT2D eigenvalue weighted by Gasteiger charge is 2.22. The van der Waals surface area contributed by atoms with Crippen LogP contribution in [0, 0.1) is 0 Å². The monoisotopic (exact) mass is 676 g/mol. The van der Waals surface area contributed by atoms with Crippen molar-refractivity contribution >= 4 is 75.8 Å². The van der Waals surface area contributed by atoms with E-state index in [1.165, 1.54) is 0 Å². The molecule has 1 heterocycles. The molecule has 0 aliphatic rings. The summed E-state index contributed by atoms with van der Waals surface area (Å²) in [7, 11) is 0. The largest absolute Gasteiger partial charge is 0.455 e. The average Bonchev–Trinajstić information content (AvgIpc) is 3.20. The normalized spacial score (nSPS) is 20.2. The lowest BCUT2D eigenvalue weighted by Gasteiger charge is -2.20. The molecule has 0 unspecified atom stereocenters. The second kappa shape index (κ2) is 10.9. The van der Waals surface area contributed by atoms with Gasteiger partial charge in [-0.1, -0.05) is 157 Å². The fourth-order valence-corrected chi connectivity index (χ4v) is 6.44. The van der Waals surface area contributed by atoms with E-state index in [1.807, 2.05) is 0 Å². The summed E-state index contributed by atoms with van der Waals surface area (Å²) in [5, 5.41) is -8.29. The second-order valence-corrected chi connectivity index (χ2v) is 11.3. The highest BCUT2D eigenvalue weighted by atomic mass is 16.3. The molecule has 1 nitrogen and oxygen atoms in total. The standard InChI is InChI=1S/C50H30O/c1-2-14-33-28-36(25-24-31(33)12-1)47-38-18-7-9-20-40(38)48(41-21-10-8-19-39(41)47)45-30-35-16-4-3-15-34(35)29-44(45)42-22-11-23-43-49-37-17-6-5-13-32(37)26-27-46(49)51-50(42)43/h1-30H/i1D,2D,3D,4D,5D,6D,7D,8D,9D,10D,11D,12D,13D,14D,15D,16D,17D,18D,19D,20D,21D,22D,23D,24D,25D,26D,27D,28D,29D,30D. The first-order chi connectivity index (χ1) is 37.8. The minimum absolute atomic E-state index is 0.468. The molecule has 0 radical (unpaired) electrons. The molecule has 1 heteroatoms. The third-order valence-corrected chi connectivity index (χ3v) is 8.56. The quantitative estimate of drug-likeness (QED) is 0.170. The molecule has 0 atom stereocenters. The first kappa shape index (κ1) is 11.7. The van der Waals surface area contributed by atoms with E-state index in [2.05, 4.69) is 0 Å². The van der Waals surface area contributed by atoms with Crippen LogP contribution in [0.25, 0.3) is 109 Å². The third kappa shape index (κ3) is 4.22. The lowest BCUT2D eigenvalue weighted by Crippen LogP contribution is -1.93. The SMILES string of the molecule is [2H]c1c([2H])c([2H])c2c(oc3c([2H])c([2H])c4c([2H])c([2H])c([2H])c([2H])c4c32)c1-c1c(-c2c3c([2H])c([2H])c([2H])c([2H])c3c(-c3c([2H])c([2H])c4c([2H])c([2H])c([2H])c([2H])c4c3[2H])c3c([2H])c([2H])c([2H])c([2H])c23)c([2H])c2c([2H])c([2H])c([2H])c([2H])c2c1[2H]. The van der Waals surface area contributed by atoms with Crippen LogP contribution in [0.15, 0.2) is 186 Å². The van der Waals surface area contributed by atoms with Gasteiger partial charge >= 0.3 is 0 Å². The molecule has 1 aromatic heterocycles. The van der Waals surface area contributed by atoms with Gasteiger partial charge in [0.15, 0.2) is 0 Å².